The van der Waals surface area contributed by atoms with E-state index < -0.39 is 0 Å². The second-order valence-electron chi connectivity index (χ2n) is 2.75. The lowest BCUT2D eigenvalue weighted by molar-refractivity contribution is -0.135. The molecule has 2 rings (SSSR count). The fourth-order valence-electron chi connectivity index (χ4n) is 1.35. The van der Waals surface area contributed by atoms with Crippen LogP contribution in [0.1, 0.15) is 0 Å². The lowest BCUT2D eigenvalue weighted by atomic mass is 9.91. The van der Waals surface area contributed by atoms with Crippen molar-refractivity contribution in [2.45, 2.75) is 0 Å². The molecule has 0 fully saturated rings. The average Bonchev–Trinajstić information content (AvgIpc) is 2.04. The quantitative estimate of drug-likeness (QED) is 0.504. The number of hydrogen-bond donors (Lipinski definition) is 0. The summed E-state index contributed by atoms with van der Waals surface area (Å²) >= 11 is 0. The van der Waals surface area contributed by atoms with Crippen molar-refractivity contribution in [1.82, 2.24) is 0 Å². The molecule has 0 spiro atoms. The number of esters is 1. The van der Waals surface area contributed by atoms with Gasteiger partial charge in [-0.3, -0.25) is 0 Å². The molecule has 0 N–H and O–H groups in total. The Hall–Kier alpha value is -1.57. The molecule has 1 atom stereocenters. The molecule has 1 aliphatic heterocycles. The van der Waals surface area contributed by atoms with Crippen molar-refractivity contribution < 1.29 is 9.53 Å². The first kappa shape index (κ1) is 7.10. The molecule has 12 heavy (non-hydrogen) atoms. The molecule has 60 valence electrons. The van der Waals surface area contributed by atoms with Crippen molar-refractivity contribution in [2.75, 3.05) is 0 Å². The molecule has 0 radical (unpaired) electrons. The third-order valence-corrected chi connectivity index (χ3v) is 1.93. The van der Waals surface area contributed by atoms with Gasteiger partial charge >= 0.3 is 5.97 Å². The molecule has 2 heteroatoms. The third-order valence-electron chi connectivity index (χ3n) is 1.93. The van der Waals surface area contributed by atoms with Crippen LogP contribution in [0.15, 0.2) is 48.3 Å². The number of fused-ring (bicyclic) bond motifs is 1. The molecule has 1 heterocycles. The standard InChI is InChI=1S/C10H8O2/c1-7-9-5-3-2-4-8(9)6-10(11)12-7/h2-6,9H,1H2. The molecular weight excluding hydrogens is 152 g/mol. The number of rotatable bonds is 0. The van der Waals surface area contributed by atoms with Gasteiger partial charge in [-0.05, 0) is 5.57 Å². The van der Waals surface area contributed by atoms with Gasteiger partial charge in [0.1, 0.15) is 5.76 Å². The van der Waals surface area contributed by atoms with Crippen LogP contribution in [0.4, 0.5) is 0 Å². The Morgan fingerprint density at radius 2 is 2.25 bits per heavy atom. The van der Waals surface area contributed by atoms with Gasteiger partial charge in [0.25, 0.3) is 0 Å². The van der Waals surface area contributed by atoms with Crippen molar-refractivity contribution in [3.8, 4) is 0 Å². The number of allylic oxidation sites excluding steroid dienone is 4. The van der Waals surface area contributed by atoms with Gasteiger partial charge in [0.15, 0.2) is 0 Å². The molecule has 0 aromatic heterocycles. The van der Waals surface area contributed by atoms with E-state index in [1.807, 2.05) is 24.3 Å². The maximum atomic E-state index is 10.9. The van der Waals surface area contributed by atoms with E-state index in [9.17, 15) is 4.79 Å². The highest BCUT2D eigenvalue weighted by atomic mass is 16.5. The summed E-state index contributed by atoms with van der Waals surface area (Å²) in [7, 11) is 0. The Bertz CT molecular complexity index is 332. The highest BCUT2D eigenvalue weighted by molar-refractivity contribution is 5.86. The first-order valence-electron chi connectivity index (χ1n) is 3.74. The zero-order chi connectivity index (χ0) is 8.55. The van der Waals surface area contributed by atoms with Crippen LogP contribution >= 0.6 is 0 Å². The summed E-state index contributed by atoms with van der Waals surface area (Å²) < 4.78 is 4.86. The fourth-order valence-corrected chi connectivity index (χ4v) is 1.35. The third kappa shape index (κ3) is 1.01. The molecule has 0 saturated heterocycles. The fraction of sp³-hybridized carbons (Fsp3) is 0.100. The van der Waals surface area contributed by atoms with Crippen LogP contribution in [0.3, 0.4) is 0 Å². The van der Waals surface area contributed by atoms with Crippen molar-refractivity contribution in [3.05, 3.63) is 48.3 Å². The van der Waals surface area contributed by atoms with Gasteiger partial charge in [-0.1, -0.05) is 30.9 Å². The average molecular weight is 160 g/mol. The minimum atomic E-state index is -0.328. The van der Waals surface area contributed by atoms with E-state index in [2.05, 4.69) is 6.58 Å². The van der Waals surface area contributed by atoms with E-state index in [-0.39, 0.29) is 11.9 Å². The van der Waals surface area contributed by atoms with E-state index in [1.165, 1.54) is 6.08 Å². The predicted molar refractivity (Wildman–Crippen MR) is 45.1 cm³/mol. The smallest absolute Gasteiger partial charge is 0.336 e. The van der Waals surface area contributed by atoms with Crippen molar-refractivity contribution in [2.24, 2.45) is 5.92 Å². The molecule has 0 aromatic carbocycles. The van der Waals surface area contributed by atoms with E-state index in [1.54, 1.807) is 0 Å². The summed E-state index contributed by atoms with van der Waals surface area (Å²) in [5.74, 6) is 0.247. The Kier molecular flexibility index (Phi) is 1.47. The molecule has 0 amide bonds. The summed E-state index contributed by atoms with van der Waals surface area (Å²) in [4.78, 5) is 10.9. The maximum Gasteiger partial charge on any atom is 0.336 e. The van der Waals surface area contributed by atoms with Gasteiger partial charge in [-0.15, -0.1) is 0 Å². The summed E-state index contributed by atoms with van der Waals surface area (Å²) in [6, 6.07) is 0. The molecule has 1 unspecified atom stereocenters. The second-order valence-corrected chi connectivity index (χ2v) is 2.75. The molecule has 2 aliphatic rings. The highest BCUT2D eigenvalue weighted by Gasteiger charge is 2.23. The van der Waals surface area contributed by atoms with E-state index in [0.717, 1.165) is 5.57 Å². The van der Waals surface area contributed by atoms with Crippen LogP contribution in [0, 0.1) is 5.92 Å². The zero-order valence-electron chi connectivity index (χ0n) is 6.49. The van der Waals surface area contributed by atoms with Crippen molar-refractivity contribution >= 4 is 5.97 Å². The molecule has 2 nitrogen and oxygen atoms in total. The minimum Gasteiger partial charge on any atom is -0.428 e. The maximum absolute atomic E-state index is 10.9. The number of carbonyl (C=O) groups is 1. The summed E-state index contributed by atoms with van der Waals surface area (Å²) in [5.41, 5.74) is 0.957. The number of carbonyl (C=O) groups excluding carboxylic acids is 1. The predicted octanol–water partition coefficient (Wildman–Crippen LogP) is 1.73. The second kappa shape index (κ2) is 2.48. The molecule has 0 bridgehead atoms. The zero-order valence-corrected chi connectivity index (χ0v) is 6.49. The van der Waals surface area contributed by atoms with Crippen LogP contribution in [-0.4, -0.2) is 5.97 Å². The first-order valence-corrected chi connectivity index (χ1v) is 3.74. The summed E-state index contributed by atoms with van der Waals surface area (Å²) in [6.07, 6.45) is 9.18. The van der Waals surface area contributed by atoms with Gasteiger partial charge < -0.3 is 4.74 Å². The highest BCUT2D eigenvalue weighted by Crippen LogP contribution is 2.29. The van der Waals surface area contributed by atoms with Crippen LogP contribution in [0.2, 0.25) is 0 Å². The number of cyclic esters (lactones) is 1. The monoisotopic (exact) mass is 160 g/mol. The molecule has 1 aliphatic carbocycles. The van der Waals surface area contributed by atoms with Gasteiger partial charge in [-0.25, -0.2) is 4.79 Å². The van der Waals surface area contributed by atoms with Gasteiger partial charge in [-0.2, -0.15) is 0 Å². The Morgan fingerprint density at radius 3 is 3.08 bits per heavy atom. The Labute approximate surface area is 70.5 Å². The van der Waals surface area contributed by atoms with E-state index >= 15 is 0 Å². The van der Waals surface area contributed by atoms with Gasteiger partial charge in [0, 0.05) is 6.08 Å². The topological polar surface area (TPSA) is 26.3 Å². The SMILES string of the molecule is C=C1OC(=O)C=C2C=CC=CC12. The number of hydrogen-bond acceptors (Lipinski definition) is 2. The van der Waals surface area contributed by atoms with E-state index in [0.29, 0.717) is 5.76 Å². The van der Waals surface area contributed by atoms with Crippen molar-refractivity contribution in [3.63, 3.8) is 0 Å². The van der Waals surface area contributed by atoms with Crippen LogP contribution in [0.5, 0.6) is 0 Å². The number of ether oxygens (including phenoxy) is 1. The molecule has 0 saturated carbocycles. The van der Waals surface area contributed by atoms with Gasteiger partial charge in [0.2, 0.25) is 0 Å². The summed E-state index contributed by atoms with van der Waals surface area (Å²) in [6.45, 7) is 3.68. The van der Waals surface area contributed by atoms with Crippen LogP contribution in [0.25, 0.3) is 0 Å². The minimum absolute atomic E-state index is 0.0627. The lowest BCUT2D eigenvalue weighted by Gasteiger charge is -2.22. The summed E-state index contributed by atoms with van der Waals surface area (Å²) in [5, 5.41) is 0. The first-order chi connectivity index (χ1) is 5.77. The van der Waals surface area contributed by atoms with Gasteiger partial charge in [0.05, 0.1) is 5.92 Å². The normalized spacial score (nSPS) is 26.3. The Balaban J connectivity index is 2.43. The van der Waals surface area contributed by atoms with E-state index in [4.69, 9.17) is 4.74 Å². The molecule has 0 aromatic rings. The molecular formula is C10H8O2. The Morgan fingerprint density at radius 1 is 1.42 bits per heavy atom. The van der Waals surface area contributed by atoms with Crippen LogP contribution in [-0.2, 0) is 9.53 Å². The lowest BCUT2D eigenvalue weighted by Crippen LogP contribution is -2.17. The van der Waals surface area contributed by atoms with Crippen LogP contribution < -0.4 is 0 Å². The van der Waals surface area contributed by atoms with Crippen molar-refractivity contribution in [1.29, 1.82) is 0 Å². The largest absolute Gasteiger partial charge is 0.428 e.